The normalized spacial score (nSPS) is 15.7. The summed E-state index contributed by atoms with van der Waals surface area (Å²) in [5, 5.41) is 13.8. The summed E-state index contributed by atoms with van der Waals surface area (Å²) in [4.78, 5) is 11.5. The van der Waals surface area contributed by atoms with Crippen molar-refractivity contribution >= 4 is 5.97 Å². The second-order valence-corrected chi connectivity index (χ2v) is 5.68. The quantitative estimate of drug-likeness (QED) is 0.933. The first-order valence-electron chi connectivity index (χ1n) is 7.66. The van der Waals surface area contributed by atoms with E-state index in [-0.39, 0.29) is 5.56 Å². The molecule has 1 fully saturated rings. The van der Waals surface area contributed by atoms with E-state index < -0.39 is 5.97 Å². The minimum atomic E-state index is -0.937. The van der Waals surface area contributed by atoms with E-state index in [9.17, 15) is 9.90 Å². The van der Waals surface area contributed by atoms with Gasteiger partial charge in [-0.1, -0.05) is 19.3 Å². The van der Waals surface area contributed by atoms with Crippen molar-refractivity contribution in [2.75, 3.05) is 7.11 Å². The van der Waals surface area contributed by atoms with E-state index in [2.05, 4.69) is 5.10 Å². The molecule has 1 aliphatic rings. The number of hydrogen-bond donors (Lipinski definition) is 1. The van der Waals surface area contributed by atoms with Crippen LogP contribution in [0.15, 0.2) is 30.5 Å². The van der Waals surface area contributed by atoms with Gasteiger partial charge in [-0.15, -0.1) is 0 Å². The molecule has 1 aromatic carbocycles. The monoisotopic (exact) mass is 300 g/mol. The molecule has 1 saturated carbocycles. The fourth-order valence-electron chi connectivity index (χ4n) is 3.16. The number of aromatic carboxylic acids is 1. The topological polar surface area (TPSA) is 64.3 Å². The van der Waals surface area contributed by atoms with Gasteiger partial charge in [-0.3, -0.25) is 4.68 Å². The average Bonchev–Trinajstić information content (AvgIpc) is 3.01. The molecular weight excluding hydrogens is 280 g/mol. The van der Waals surface area contributed by atoms with Gasteiger partial charge in [0.15, 0.2) is 0 Å². The highest BCUT2D eigenvalue weighted by atomic mass is 16.5. The molecule has 0 unspecified atom stereocenters. The van der Waals surface area contributed by atoms with Crippen LogP contribution in [0.5, 0.6) is 5.75 Å². The number of carboxylic acid groups (broad SMARTS) is 1. The van der Waals surface area contributed by atoms with Crippen molar-refractivity contribution < 1.29 is 14.6 Å². The van der Waals surface area contributed by atoms with Crippen LogP contribution in [-0.2, 0) is 0 Å². The molecule has 0 atom stereocenters. The molecule has 0 spiro atoms. The summed E-state index contributed by atoms with van der Waals surface area (Å²) in [6.07, 6.45) is 7.19. The first kappa shape index (κ1) is 14.6. The molecule has 0 bridgehead atoms. The fourth-order valence-corrected chi connectivity index (χ4v) is 3.16. The lowest BCUT2D eigenvalue weighted by Gasteiger charge is -2.24. The van der Waals surface area contributed by atoms with Crippen LogP contribution in [0.3, 0.4) is 0 Å². The zero-order chi connectivity index (χ0) is 15.5. The lowest BCUT2D eigenvalue weighted by atomic mass is 9.95. The Bertz CT molecular complexity index is 655. The van der Waals surface area contributed by atoms with Gasteiger partial charge in [-0.2, -0.15) is 5.10 Å². The van der Waals surface area contributed by atoms with Gasteiger partial charge < -0.3 is 9.84 Å². The van der Waals surface area contributed by atoms with E-state index in [0.29, 0.717) is 11.7 Å². The summed E-state index contributed by atoms with van der Waals surface area (Å²) in [7, 11) is 1.62. The number of rotatable bonds is 4. The summed E-state index contributed by atoms with van der Waals surface area (Å²) in [6.45, 7) is 0. The highest BCUT2D eigenvalue weighted by molar-refractivity contribution is 5.94. The number of methoxy groups -OCH3 is 1. The molecular formula is C17H20N2O3. The van der Waals surface area contributed by atoms with Crippen LogP contribution in [0.1, 0.15) is 48.5 Å². The summed E-state index contributed by atoms with van der Waals surface area (Å²) in [5.74, 6) is -0.183. The number of hydrogen-bond acceptors (Lipinski definition) is 3. The van der Waals surface area contributed by atoms with Crippen LogP contribution < -0.4 is 4.74 Å². The number of ether oxygens (including phenoxy) is 1. The van der Waals surface area contributed by atoms with Crippen molar-refractivity contribution in [2.24, 2.45) is 0 Å². The Kier molecular flexibility index (Phi) is 4.13. The Labute approximate surface area is 129 Å². The van der Waals surface area contributed by atoms with Gasteiger partial charge in [0.1, 0.15) is 11.3 Å². The van der Waals surface area contributed by atoms with Crippen molar-refractivity contribution in [2.45, 2.75) is 38.1 Å². The SMILES string of the molecule is COc1ccc(-c2c(C(=O)O)cnn2C2CCCCC2)cc1. The third-order valence-corrected chi connectivity index (χ3v) is 4.31. The number of nitrogens with zero attached hydrogens (tertiary/aromatic N) is 2. The average molecular weight is 300 g/mol. The van der Waals surface area contributed by atoms with Gasteiger partial charge >= 0.3 is 5.97 Å². The Balaban J connectivity index is 2.05. The molecule has 0 amide bonds. The second-order valence-electron chi connectivity index (χ2n) is 5.68. The van der Waals surface area contributed by atoms with Crippen LogP contribution in [0, 0.1) is 0 Å². The van der Waals surface area contributed by atoms with Gasteiger partial charge in [0, 0.05) is 5.56 Å². The summed E-state index contributed by atoms with van der Waals surface area (Å²) >= 11 is 0. The molecule has 1 aliphatic carbocycles. The third-order valence-electron chi connectivity index (χ3n) is 4.31. The summed E-state index contributed by atoms with van der Waals surface area (Å²) in [5.41, 5.74) is 1.82. The highest BCUT2D eigenvalue weighted by Gasteiger charge is 2.24. The van der Waals surface area contributed by atoms with E-state index in [1.807, 2.05) is 28.9 Å². The predicted octanol–water partition coefficient (Wildman–Crippen LogP) is 3.76. The largest absolute Gasteiger partial charge is 0.497 e. The van der Waals surface area contributed by atoms with Crippen LogP contribution in [0.4, 0.5) is 0 Å². The number of aromatic nitrogens is 2. The number of carbonyl (C=O) groups is 1. The Morgan fingerprint density at radius 2 is 1.91 bits per heavy atom. The van der Waals surface area contributed by atoms with E-state index in [0.717, 1.165) is 24.2 Å². The van der Waals surface area contributed by atoms with Gasteiger partial charge in [0.2, 0.25) is 0 Å². The van der Waals surface area contributed by atoms with Crippen LogP contribution in [0.2, 0.25) is 0 Å². The molecule has 2 aromatic rings. The number of benzene rings is 1. The Morgan fingerprint density at radius 1 is 1.23 bits per heavy atom. The van der Waals surface area contributed by atoms with Gasteiger partial charge in [0.25, 0.3) is 0 Å². The smallest absolute Gasteiger partial charge is 0.339 e. The third kappa shape index (κ3) is 2.71. The standard InChI is InChI=1S/C17H20N2O3/c1-22-14-9-7-12(8-10-14)16-15(17(20)21)11-18-19(16)13-5-3-2-4-6-13/h7-11,13H,2-6H2,1H3,(H,20,21). The lowest BCUT2D eigenvalue weighted by molar-refractivity contribution is 0.0697. The molecule has 1 N–H and O–H groups in total. The number of carboxylic acids is 1. The van der Waals surface area contributed by atoms with Gasteiger partial charge in [0.05, 0.1) is 25.0 Å². The van der Waals surface area contributed by atoms with E-state index >= 15 is 0 Å². The molecule has 0 radical (unpaired) electrons. The van der Waals surface area contributed by atoms with Crippen molar-refractivity contribution in [3.8, 4) is 17.0 Å². The van der Waals surface area contributed by atoms with Crippen molar-refractivity contribution in [1.82, 2.24) is 9.78 Å². The minimum Gasteiger partial charge on any atom is -0.497 e. The predicted molar refractivity (Wildman–Crippen MR) is 83.3 cm³/mol. The second kappa shape index (κ2) is 6.22. The molecule has 22 heavy (non-hydrogen) atoms. The lowest BCUT2D eigenvalue weighted by Crippen LogP contribution is -2.15. The van der Waals surface area contributed by atoms with Crippen molar-refractivity contribution in [1.29, 1.82) is 0 Å². The van der Waals surface area contributed by atoms with E-state index in [1.165, 1.54) is 25.5 Å². The molecule has 1 aromatic heterocycles. The maximum Gasteiger partial charge on any atom is 0.339 e. The summed E-state index contributed by atoms with van der Waals surface area (Å²) < 4.78 is 7.08. The van der Waals surface area contributed by atoms with Crippen LogP contribution >= 0.6 is 0 Å². The van der Waals surface area contributed by atoms with Crippen LogP contribution in [0.25, 0.3) is 11.3 Å². The first-order valence-corrected chi connectivity index (χ1v) is 7.66. The van der Waals surface area contributed by atoms with Gasteiger partial charge in [-0.05, 0) is 37.1 Å². The first-order chi connectivity index (χ1) is 10.7. The molecule has 5 nitrogen and oxygen atoms in total. The molecule has 116 valence electrons. The minimum absolute atomic E-state index is 0.260. The fraction of sp³-hybridized carbons (Fsp3) is 0.412. The van der Waals surface area contributed by atoms with E-state index in [4.69, 9.17) is 4.74 Å². The van der Waals surface area contributed by atoms with Crippen molar-refractivity contribution in [3.05, 3.63) is 36.0 Å². The Morgan fingerprint density at radius 3 is 2.50 bits per heavy atom. The Hall–Kier alpha value is -2.30. The maximum absolute atomic E-state index is 11.5. The maximum atomic E-state index is 11.5. The highest BCUT2D eigenvalue weighted by Crippen LogP contribution is 2.34. The van der Waals surface area contributed by atoms with E-state index in [1.54, 1.807) is 7.11 Å². The zero-order valence-corrected chi connectivity index (χ0v) is 12.7. The molecule has 1 heterocycles. The zero-order valence-electron chi connectivity index (χ0n) is 12.7. The molecule has 0 saturated heterocycles. The molecule has 3 rings (SSSR count). The molecule has 5 heteroatoms. The summed E-state index contributed by atoms with van der Waals surface area (Å²) in [6, 6.07) is 7.76. The van der Waals surface area contributed by atoms with Crippen molar-refractivity contribution in [3.63, 3.8) is 0 Å². The molecule has 0 aliphatic heterocycles. The van der Waals surface area contributed by atoms with Crippen LogP contribution in [-0.4, -0.2) is 28.0 Å². The van der Waals surface area contributed by atoms with Gasteiger partial charge in [-0.25, -0.2) is 4.79 Å².